The summed E-state index contributed by atoms with van der Waals surface area (Å²) in [5, 5.41) is 12.0. The number of piperazine rings is 1. The van der Waals surface area contributed by atoms with Crippen molar-refractivity contribution in [2.24, 2.45) is 4.99 Å². The number of amides is 1. The number of anilines is 1. The topological polar surface area (TPSA) is 79.1 Å². The number of rotatable bonds is 3. The van der Waals surface area contributed by atoms with Gasteiger partial charge in [-0.3, -0.25) is 14.9 Å². The minimum absolute atomic E-state index is 0.127. The maximum Gasteiger partial charge on any atom is 0.292 e. The van der Waals surface area contributed by atoms with Crippen LogP contribution in [-0.4, -0.2) is 47.1 Å². The van der Waals surface area contributed by atoms with Crippen LogP contribution < -0.4 is 4.90 Å². The molecule has 0 saturated carbocycles. The average molecular weight is 360 g/mol. The fourth-order valence-corrected chi connectivity index (χ4v) is 3.96. The number of para-hydroxylation sites is 2. The molecule has 0 atom stereocenters. The molecule has 8 heteroatoms. The van der Waals surface area contributed by atoms with Crippen LogP contribution in [0.3, 0.4) is 0 Å². The van der Waals surface area contributed by atoms with E-state index in [2.05, 4.69) is 9.89 Å². The number of nitro benzene ring substituents is 1. The third-order valence-corrected chi connectivity index (χ3v) is 5.73. The summed E-state index contributed by atoms with van der Waals surface area (Å²) < 4.78 is 0. The molecule has 0 aliphatic carbocycles. The Morgan fingerprint density at radius 1 is 1.24 bits per heavy atom. The van der Waals surface area contributed by atoms with E-state index >= 15 is 0 Å². The van der Waals surface area contributed by atoms with Gasteiger partial charge in [-0.25, -0.2) is 0 Å². The van der Waals surface area contributed by atoms with Crippen molar-refractivity contribution in [2.75, 3.05) is 31.1 Å². The molecular weight excluding hydrogens is 340 g/mol. The smallest absolute Gasteiger partial charge is 0.292 e. The summed E-state index contributed by atoms with van der Waals surface area (Å²) in [4.78, 5) is 31.9. The SMILES string of the molecule is CC/C(C)=C1\SC(N2CCN(c3ccccc3[N+](=O)[O-])CC2)=NC1=O. The van der Waals surface area contributed by atoms with Gasteiger partial charge >= 0.3 is 0 Å². The summed E-state index contributed by atoms with van der Waals surface area (Å²) in [6, 6.07) is 6.80. The summed E-state index contributed by atoms with van der Waals surface area (Å²) in [6.07, 6.45) is 0.836. The number of hydrogen-bond acceptors (Lipinski definition) is 6. The predicted octanol–water partition coefficient (Wildman–Crippen LogP) is 3.03. The number of amidine groups is 1. The molecule has 1 aromatic carbocycles. The zero-order valence-corrected chi connectivity index (χ0v) is 15.1. The van der Waals surface area contributed by atoms with Crippen molar-refractivity contribution in [3.8, 4) is 0 Å². The standard InChI is InChI=1S/C17H20N4O3S/c1-3-12(2)15-16(22)18-17(25-15)20-10-8-19(9-11-20)13-6-4-5-7-14(13)21(23)24/h4-7H,3,8-11H2,1-2H3/b15-12-. The summed E-state index contributed by atoms with van der Waals surface area (Å²) >= 11 is 1.44. The van der Waals surface area contributed by atoms with Gasteiger partial charge in [-0.1, -0.05) is 24.6 Å². The van der Waals surface area contributed by atoms with Crippen LogP contribution in [0.1, 0.15) is 20.3 Å². The Labute approximate surface area is 150 Å². The first-order chi connectivity index (χ1) is 12.0. The van der Waals surface area contributed by atoms with Gasteiger partial charge in [-0.15, -0.1) is 0 Å². The Morgan fingerprint density at radius 3 is 2.52 bits per heavy atom. The zero-order valence-electron chi connectivity index (χ0n) is 14.3. The number of benzene rings is 1. The summed E-state index contributed by atoms with van der Waals surface area (Å²) in [5.41, 5.74) is 1.83. The van der Waals surface area contributed by atoms with Gasteiger partial charge in [0.05, 0.1) is 9.83 Å². The molecule has 25 heavy (non-hydrogen) atoms. The summed E-state index contributed by atoms with van der Waals surface area (Å²) in [6.45, 7) is 6.67. The van der Waals surface area contributed by atoms with Crippen LogP contribution >= 0.6 is 11.8 Å². The predicted molar refractivity (Wildman–Crippen MR) is 99.9 cm³/mol. The lowest BCUT2D eigenvalue weighted by atomic mass is 10.2. The van der Waals surface area contributed by atoms with Crippen molar-refractivity contribution in [3.63, 3.8) is 0 Å². The third-order valence-electron chi connectivity index (χ3n) is 4.47. The second kappa shape index (κ2) is 7.26. The Hall–Kier alpha value is -2.35. The van der Waals surface area contributed by atoms with Gasteiger partial charge in [-0.2, -0.15) is 4.99 Å². The fourth-order valence-electron chi connectivity index (χ4n) is 2.89. The molecule has 132 valence electrons. The Balaban J connectivity index is 1.69. The first kappa shape index (κ1) is 17.5. The van der Waals surface area contributed by atoms with Gasteiger partial charge in [-0.05, 0) is 31.2 Å². The molecule has 1 saturated heterocycles. The number of thioether (sulfide) groups is 1. The van der Waals surface area contributed by atoms with Gasteiger partial charge in [0.15, 0.2) is 5.17 Å². The Kier molecular flexibility index (Phi) is 5.08. The van der Waals surface area contributed by atoms with E-state index in [1.54, 1.807) is 12.1 Å². The van der Waals surface area contributed by atoms with E-state index in [1.807, 2.05) is 24.8 Å². The highest BCUT2D eigenvalue weighted by atomic mass is 32.2. The van der Waals surface area contributed by atoms with E-state index in [0.29, 0.717) is 31.9 Å². The van der Waals surface area contributed by atoms with Crippen molar-refractivity contribution in [2.45, 2.75) is 20.3 Å². The van der Waals surface area contributed by atoms with E-state index in [9.17, 15) is 14.9 Å². The van der Waals surface area contributed by atoms with Crippen LogP contribution in [0.2, 0.25) is 0 Å². The highest BCUT2D eigenvalue weighted by Crippen LogP contribution is 2.33. The second-order valence-electron chi connectivity index (χ2n) is 5.98. The maximum absolute atomic E-state index is 12.1. The highest BCUT2D eigenvalue weighted by Gasteiger charge is 2.30. The van der Waals surface area contributed by atoms with Crippen LogP contribution in [0.5, 0.6) is 0 Å². The number of nitro groups is 1. The molecule has 2 aliphatic heterocycles. The van der Waals surface area contributed by atoms with Gasteiger partial charge < -0.3 is 9.80 Å². The van der Waals surface area contributed by atoms with E-state index < -0.39 is 0 Å². The molecule has 0 unspecified atom stereocenters. The summed E-state index contributed by atoms with van der Waals surface area (Å²) in [5.74, 6) is -0.152. The van der Waals surface area contributed by atoms with Gasteiger partial charge in [0.1, 0.15) is 5.69 Å². The van der Waals surface area contributed by atoms with Crippen LogP contribution in [-0.2, 0) is 4.79 Å². The van der Waals surface area contributed by atoms with Gasteiger partial charge in [0.2, 0.25) is 0 Å². The molecular formula is C17H20N4O3S. The molecule has 1 amide bonds. The van der Waals surface area contributed by atoms with Crippen molar-refractivity contribution in [1.82, 2.24) is 4.90 Å². The van der Waals surface area contributed by atoms with Crippen molar-refractivity contribution in [3.05, 3.63) is 44.9 Å². The van der Waals surface area contributed by atoms with Gasteiger partial charge in [0.25, 0.3) is 11.6 Å². The quantitative estimate of drug-likeness (QED) is 0.468. The van der Waals surface area contributed by atoms with Crippen LogP contribution in [0.15, 0.2) is 39.7 Å². The van der Waals surface area contributed by atoms with E-state index in [4.69, 9.17) is 0 Å². The first-order valence-electron chi connectivity index (χ1n) is 8.25. The second-order valence-corrected chi connectivity index (χ2v) is 6.96. The molecule has 7 nitrogen and oxygen atoms in total. The zero-order chi connectivity index (χ0) is 18.0. The molecule has 1 aromatic rings. The molecule has 0 radical (unpaired) electrons. The van der Waals surface area contributed by atoms with Crippen LogP contribution in [0.25, 0.3) is 0 Å². The van der Waals surface area contributed by atoms with Crippen molar-refractivity contribution >= 4 is 34.2 Å². The lowest BCUT2D eigenvalue weighted by molar-refractivity contribution is -0.384. The number of hydrogen-bond donors (Lipinski definition) is 0. The average Bonchev–Trinajstić information content (AvgIpc) is 3.03. The molecule has 2 heterocycles. The van der Waals surface area contributed by atoms with Crippen molar-refractivity contribution < 1.29 is 9.72 Å². The van der Waals surface area contributed by atoms with Crippen molar-refractivity contribution in [1.29, 1.82) is 0 Å². The monoisotopic (exact) mass is 360 g/mol. The molecule has 0 spiro atoms. The fraction of sp³-hybridized carbons (Fsp3) is 0.412. The Morgan fingerprint density at radius 2 is 1.88 bits per heavy atom. The van der Waals surface area contributed by atoms with E-state index in [1.165, 1.54) is 17.8 Å². The Bertz CT molecular complexity index is 767. The largest absolute Gasteiger partial charge is 0.362 e. The first-order valence-corrected chi connectivity index (χ1v) is 9.06. The summed E-state index contributed by atoms with van der Waals surface area (Å²) in [7, 11) is 0. The number of carbonyl (C=O) groups is 1. The number of allylic oxidation sites excluding steroid dienone is 1. The minimum atomic E-state index is -0.345. The van der Waals surface area contributed by atoms with E-state index in [-0.39, 0.29) is 16.5 Å². The molecule has 0 aromatic heterocycles. The van der Waals surface area contributed by atoms with E-state index in [0.717, 1.165) is 22.1 Å². The molecule has 2 aliphatic rings. The molecule has 1 fully saturated rings. The number of carbonyl (C=O) groups excluding carboxylic acids is 1. The van der Waals surface area contributed by atoms with Gasteiger partial charge in [0, 0.05) is 32.2 Å². The number of aliphatic imine (C=N–C) groups is 1. The molecule has 0 bridgehead atoms. The third kappa shape index (κ3) is 3.53. The lowest BCUT2D eigenvalue weighted by Crippen LogP contribution is -2.48. The normalized spacial score (nSPS) is 19.9. The molecule has 0 N–H and O–H groups in total. The minimum Gasteiger partial charge on any atom is -0.362 e. The number of nitrogens with zero attached hydrogens (tertiary/aromatic N) is 4. The van der Waals surface area contributed by atoms with Crippen LogP contribution in [0.4, 0.5) is 11.4 Å². The maximum atomic E-state index is 12.1. The molecule has 3 rings (SSSR count). The lowest BCUT2D eigenvalue weighted by Gasteiger charge is -2.36. The highest BCUT2D eigenvalue weighted by molar-refractivity contribution is 8.18. The van der Waals surface area contributed by atoms with Crippen LogP contribution in [0, 0.1) is 10.1 Å².